The largest absolute Gasteiger partial charge is 0.371 e. The first kappa shape index (κ1) is 17.3. The highest BCUT2D eigenvalue weighted by Gasteiger charge is 2.99. The molecule has 20 heavy (non-hydrogen) atoms. The SMILES string of the molecule is O=S(=O)(O)C1(F)C(F)(F)C(F)(F)[C](F)C(F)(F)C1(F)F. The Kier molecular flexibility index (Phi) is 3.19. The molecule has 119 valence electrons. The van der Waals surface area contributed by atoms with Crippen molar-refractivity contribution in [2.24, 2.45) is 0 Å². The second-order valence-corrected chi connectivity index (χ2v) is 5.19. The molecule has 1 saturated carbocycles. The van der Waals surface area contributed by atoms with Gasteiger partial charge in [-0.3, -0.25) is 4.55 Å². The topological polar surface area (TPSA) is 54.4 Å². The van der Waals surface area contributed by atoms with E-state index in [1.165, 1.54) is 0 Å². The number of hydrogen-bond acceptors (Lipinski definition) is 2. The van der Waals surface area contributed by atoms with Crippen molar-refractivity contribution in [3.63, 3.8) is 0 Å². The fraction of sp³-hybridized carbons (Fsp3) is 0.833. The van der Waals surface area contributed by atoms with Gasteiger partial charge in [-0.05, 0) is 0 Å². The Bertz CT molecular complexity index is 497. The maximum absolute atomic E-state index is 13.3. The van der Waals surface area contributed by atoms with Crippen LogP contribution in [0.3, 0.4) is 0 Å². The standard InChI is InChI=1S/C6HF10O3S/c7-1-2(8,9)4(12,13)6(16,20(17,18)19)5(14,15)3(1,10)11/h(H,17,18,19). The van der Waals surface area contributed by atoms with Gasteiger partial charge in [0.25, 0.3) is 6.17 Å². The molecule has 14 heteroatoms. The van der Waals surface area contributed by atoms with E-state index in [2.05, 4.69) is 0 Å². The van der Waals surface area contributed by atoms with E-state index in [4.69, 9.17) is 4.55 Å². The van der Waals surface area contributed by atoms with Crippen molar-refractivity contribution >= 4 is 10.1 Å². The van der Waals surface area contributed by atoms with Crippen molar-refractivity contribution in [3.05, 3.63) is 6.17 Å². The second-order valence-electron chi connectivity index (χ2n) is 3.68. The van der Waals surface area contributed by atoms with E-state index in [1.54, 1.807) is 0 Å². The van der Waals surface area contributed by atoms with Crippen molar-refractivity contribution in [1.82, 2.24) is 0 Å². The summed E-state index contributed by atoms with van der Waals surface area (Å²) in [4.78, 5) is 0. The van der Waals surface area contributed by atoms with Crippen LogP contribution in [-0.2, 0) is 10.1 Å². The van der Waals surface area contributed by atoms with Gasteiger partial charge < -0.3 is 0 Å². The second kappa shape index (κ2) is 3.69. The van der Waals surface area contributed by atoms with Gasteiger partial charge in [0.05, 0.1) is 0 Å². The lowest BCUT2D eigenvalue weighted by Crippen LogP contribution is -2.79. The first-order valence-electron chi connectivity index (χ1n) is 4.11. The molecule has 1 rings (SSSR count). The Morgan fingerprint density at radius 3 is 1.20 bits per heavy atom. The molecule has 1 N–H and O–H groups in total. The van der Waals surface area contributed by atoms with Crippen LogP contribution >= 0.6 is 0 Å². The van der Waals surface area contributed by atoms with Gasteiger partial charge in [0.15, 0.2) is 0 Å². The summed E-state index contributed by atoms with van der Waals surface area (Å²) in [5, 5.41) is -7.14. The average molecular weight is 343 g/mol. The van der Waals surface area contributed by atoms with Crippen molar-refractivity contribution in [3.8, 4) is 0 Å². The minimum atomic E-state index is -7.51. The maximum Gasteiger partial charge on any atom is 0.371 e. The summed E-state index contributed by atoms with van der Waals surface area (Å²) in [6, 6.07) is 0. The molecule has 0 aromatic carbocycles. The van der Waals surface area contributed by atoms with Crippen LogP contribution in [0.2, 0.25) is 0 Å². The van der Waals surface area contributed by atoms with Gasteiger partial charge in [0.2, 0.25) is 0 Å². The monoisotopic (exact) mass is 343 g/mol. The van der Waals surface area contributed by atoms with Gasteiger partial charge in [-0.15, -0.1) is 0 Å². The first-order valence-corrected chi connectivity index (χ1v) is 5.55. The maximum atomic E-state index is 13.3. The molecular weight excluding hydrogens is 342 g/mol. The molecule has 0 bridgehead atoms. The lowest BCUT2D eigenvalue weighted by Gasteiger charge is -2.48. The van der Waals surface area contributed by atoms with E-state index in [0.29, 0.717) is 0 Å². The van der Waals surface area contributed by atoms with Crippen molar-refractivity contribution in [1.29, 1.82) is 0 Å². The third-order valence-corrected chi connectivity index (χ3v) is 3.73. The predicted molar refractivity (Wildman–Crippen MR) is 39.5 cm³/mol. The van der Waals surface area contributed by atoms with Gasteiger partial charge in [-0.1, -0.05) is 0 Å². The highest BCUT2D eigenvalue weighted by Crippen LogP contribution is 2.68. The summed E-state index contributed by atoms with van der Waals surface area (Å²) >= 11 is 0. The highest BCUT2D eigenvalue weighted by atomic mass is 32.2. The van der Waals surface area contributed by atoms with Crippen LogP contribution in [0.25, 0.3) is 0 Å². The van der Waals surface area contributed by atoms with E-state index in [9.17, 15) is 52.3 Å². The Labute approximate surface area is 103 Å². The normalized spacial score (nSPS) is 30.9. The van der Waals surface area contributed by atoms with Crippen LogP contribution in [-0.4, -0.2) is 41.7 Å². The third kappa shape index (κ3) is 1.43. The molecule has 1 aliphatic rings. The Morgan fingerprint density at radius 2 is 1.00 bits per heavy atom. The molecule has 1 radical (unpaired) electrons. The minimum absolute atomic E-state index is 4.63. The molecule has 1 aliphatic carbocycles. The van der Waals surface area contributed by atoms with Gasteiger partial charge in [-0.25, -0.2) is 8.78 Å². The van der Waals surface area contributed by atoms with Crippen molar-refractivity contribution in [2.45, 2.75) is 28.7 Å². The Morgan fingerprint density at radius 1 is 0.750 bits per heavy atom. The van der Waals surface area contributed by atoms with E-state index in [1.807, 2.05) is 0 Å². The van der Waals surface area contributed by atoms with Crippen molar-refractivity contribution < 1.29 is 56.9 Å². The molecule has 0 aliphatic heterocycles. The number of halogens is 10. The fourth-order valence-electron chi connectivity index (χ4n) is 1.40. The van der Waals surface area contributed by atoms with E-state index >= 15 is 0 Å². The average Bonchev–Trinajstić information content (AvgIpc) is 2.22. The molecule has 0 heterocycles. The van der Waals surface area contributed by atoms with Gasteiger partial charge in [-0.2, -0.15) is 43.5 Å². The smallest absolute Gasteiger partial charge is 0.283 e. The lowest BCUT2D eigenvalue weighted by atomic mass is 9.82. The molecule has 0 saturated heterocycles. The molecule has 3 nitrogen and oxygen atoms in total. The summed E-state index contributed by atoms with van der Waals surface area (Å²) < 4.78 is 156. The minimum Gasteiger partial charge on any atom is -0.283 e. The van der Waals surface area contributed by atoms with Gasteiger partial charge in [0.1, 0.15) is 0 Å². The molecule has 0 spiro atoms. The lowest BCUT2D eigenvalue weighted by molar-refractivity contribution is -0.386. The summed E-state index contributed by atoms with van der Waals surface area (Å²) in [6.45, 7) is 0. The molecule has 0 unspecified atom stereocenters. The summed E-state index contributed by atoms with van der Waals surface area (Å²) in [5.41, 5.74) is 0. The quantitative estimate of drug-likeness (QED) is 0.588. The van der Waals surface area contributed by atoms with E-state index in [-0.39, 0.29) is 0 Å². The molecule has 0 aromatic heterocycles. The van der Waals surface area contributed by atoms with Crippen molar-refractivity contribution in [2.75, 3.05) is 0 Å². The molecule has 1 fully saturated rings. The Hall–Kier alpha value is -0.790. The molecular formula is C6HF10O3S. The van der Waals surface area contributed by atoms with Crippen LogP contribution in [0.15, 0.2) is 0 Å². The van der Waals surface area contributed by atoms with E-state index < -0.39 is 45.0 Å². The molecule has 0 amide bonds. The van der Waals surface area contributed by atoms with Crippen LogP contribution in [0.5, 0.6) is 0 Å². The summed E-state index contributed by atoms with van der Waals surface area (Å²) in [5.74, 6) is -28.2. The number of hydrogen-bond donors (Lipinski definition) is 1. The summed E-state index contributed by atoms with van der Waals surface area (Å²) in [7, 11) is -7.51. The van der Waals surface area contributed by atoms with Crippen LogP contribution < -0.4 is 0 Å². The molecule has 0 aromatic rings. The predicted octanol–water partition coefficient (Wildman–Crippen LogP) is 2.60. The molecule has 0 atom stereocenters. The zero-order valence-corrected chi connectivity index (χ0v) is 9.27. The zero-order valence-electron chi connectivity index (χ0n) is 8.45. The van der Waals surface area contributed by atoms with E-state index in [0.717, 1.165) is 0 Å². The first-order chi connectivity index (χ1) is 8.40. The zero-order chi connectivity index (χ0) is 16.6. The van der Waals surface area contributed by atoms with Crippen LogP contribution in [0.4, 0.5) is 43.9 Å². The van der Waals surface area contributed by atoms with Gasteiger partial charge >= 0.3 is 38.8 Å². The third-order valence-electron chi connectivity index (χ3n) is 2.50. The fourth-order valence-corrected chi connectivity index (χ4v) is 2.30. The highest BCUT2D eigenvalue weighted by molar-refractivity contribution is 7.87. The number of alkyl halides is 9. The Balaban J connectivity index is 3.90. The van der Waals surface area contributed by atoms with Gasteiger partial charge in [0, 0.05) is 0 Å². The van der Waals surface area contributed by atoms with Crippen LogP contribution in [0.1, 0.15) is 0 Å². The van der Waals surface area contributed by atoms with Crippen LogP contribution in [0, 0.1) is 6.17 Å². The number of rotatable bonds is 1. The summed E-state index contributed by atoms with van der Waals surface area (Å²) in [6.07, 6.45) is -4.63.